The Labute approximate surface area is 145 Å². The van der Waals surface area contributed by atoms with Crippen LogP contribution in [-0.4, -0.2) is 11.7 Å². The number of ether oxygens (including phenoxy) is 1. The first-order valence-corrected chi connectivity index (χ1v) is 8.71. The van der Waals surface area contributed by atoms with Gasteiger partial charge in [0.05, 0.1) is 12.6 Å². The summed E-state index contributed by atoms with van der Waals surface area (Å²) in [6.07, 6.45) is 4.29. The van der Waals surface area contributed by atoms with Crippen LogP contribution in [0.5, 0.6) is 5.88 Å². The molecule has 0 radical (unpaired) electrons. The van der Waals surface area contributed by atoms with Gasteiger partial charge in [-0.1, -0.05) is 42.5 Å². The Bertz CT molecular complexity index is 982. The zero-order valence-electron chi connectivity index (χ0n) is 13.3. The first-order valence-electron chi connectivity index (χ1n) is 7.83. The van der Waals surface area contributed by atoms with E-state index in [1.807, 2.05) is 18.2 Å². The van der Waals surface area contributed by atoms with Crippen molar-refractivity contribution in [2.24, 2.45) is 0 Å². The molecule has 0 fully saturated rings. The minimum Gasteiger partial charge on any atom is -0.481 e. The zero-order valence-corrected chi connectivity index (χ0v) is 14.2. The summed E-state index contributed by atoms with van der Waals surface area (Å²) >= 11 is 1.73. The predicted octanol–water partition coefficient (Wildman–Crippen LogP) is 5.87. The van der Waals surface area contributed by atoms with Gasteiger partial charge in [0.1, 0.15) is 0 Å². The Kier molecular flexibility index (Phi) is 3.93. The first-order chi connectivity index (χ1) is 11.9. The topological polar surface area (TPSA) is 14.2 Å². The van der Waals surface area contributed by atoms with Gasteiger partial charge in [0, 0.05) is 21.5 Å². The van der Waals surface area contributed by atoms with Crippen LogP contribution in [0.25, 0.3) is 28.7 Å². The van der Waals surface area contributed by atoms with Crippen molar-refractivity contribution in [2.75, 3.05) is 7.11 Å². The van der Waals surface area contributed by atoms with Gasteiger partial charge >= 0.3 is 0 Å². The van der Waals surface area contributed by atoms with E-state index in [0.29, 0.717) is 0 Å². The Morgan fingerprint density at radius 1 is 0.875 bits per heavy atom. The minimum absolute atomic E-state index is 0.857. The normalized spacial score (nSPS) is 11.4. The lowest BCUT2D eigenvalue weighted by atomic mass is 10.1. The Morgan fingerprint density at radius 3 is 2.42 bits per heavy atom. The molecule has 0 aliphatic rings. The van der Waals surface area contributed by atoms with Crippen LogP contribution in [0.3, 0.4) is 0 Å². The summed E-state index contributed by atoms with van der Waals surface area (Å²) in [4.78, 5) is 1.23. The van der Waals surface area contributed by atoms with Crippen molar-refractivity contribution >= 4 is 34.4 Å². The molecule has 4 rings (SSSR count). The lowest BCUT2D eigenvalue weighted by Gasteiger charge is -2.10. The number of nitrogens with zero attached hydrogens (tertiary/aromatic N) is 1. The molecule has 0 bridgehead atoms. The van der Waals surface area contributed by atoms with E-state index in [1.54, 1.807) is 18.4 Å². The molecule has 0 aliphatic heterocycles. The van der Waals surface area contributed by atoms with Crippen LogP contribution in [0.2, 0.25) is 0 Å². The smallest absolute Gasteiger partial charge is 0.206 e. The van der Waals surface area contributed by atoms with Crippen molar-refractivity contribution in [3.8, 4) is 11.6 Å². The standard InChI is InChI=1S/C21H17NOS/c1-23-21-19(14-13-17-10-7-15-24-17)18-11-5-6-12-20(18)22(21)16-8-3-2-4-9-16/h2-15H,1H3/b14-13-. The van der Waals surface area contributed by atoms with Crippen LogP contribution in [-0.2, 0) is 0 Å². The van der Waals surface area contributed by atoms with Crippen LogP contribution >= 0.6 is 11.3 Å². The lowest BCUT2D eigenvalue weighted by molar-refractivity contribution is 0.391. The number of methoxy groups -OCH3 is 1. The second-order valence-corrected chi connectivity index (χ2v) is 6.44. The molecule has 2 aromatic heterocycles. The summed E-state index contributed by atoms with van der Waals surface area (Å²) in [5, 5.41) is 3.27. The van der Waals surface area contributed by atoms with Crippen LogP contribution in [0.4, 0.5) is 0 Å². The molecule has 0 saturated carbocycles. The number of thiophene rings is 1. The molecule has 4 aromatic rings. The Morgan fingerprint density at radius 2 is 1.67 bits per heavy atom. The maximum absolute atomic E-state index is 5.80. The fraction of sp³-hybridized carbons (Fsp3) is 0.0476. The first kappa shape index (κ1) is 14.8. The lowest BCUT2D eigenvalue weighted by Crippen LogP contribution is -1.97. The van der Waals surface area contributed by atoms with Crippen molar-refractivity contribution < 1.29 is 4.74 Å². The van der Waals surface area contributed by atoms with Crippen LogP contribution in [0.1, 0.15) is 10.4 Å². The number of fused-ring (bicyclic) bond motifs is 1. The second-order valence-electron chi connectivity index (χ2n) is 5.46. The van der Waals surface area contributed by atoms with Crippen molar-refractivity contribution in [1.82, 2.24) is 4.57 Å². The van der Waals surface area contributed by atoms with Gasteiger partial charge in [0.15, 0.2) is 0 Å². The molecule has 0 saturated heterocycles. The molecule has 0 spiro atoms. The molecule has 2 aromatic carbocycles. The molecule has 0 aliphatic carbocycles. The summed E-state index contributed by atoms with van der Waals surface area (Å²) in [6.45, 7) is 0. The minimum atomic E-state index is 0.857. The molecule has 24 heavy (non-hydrogen) atoms. The third kappa shape index (κ3) is 2.53. The third-order valence-corrected chi connectivity index (χ3v) is 4.87. The summed E-state index contributed by atoms with van der Waals surface area (Å²) in [5.74, 6) is 0.857. The van der Waals surface area contributed by atoms with Crippen LogP contribution in [0, 0.1) is 0 Å². The van der Waals surface area contributed by atoms with E-state index in [4.69, 9.17) is 4.74 Å². The van der Waals surface area contributed by atoms with E-state index in [0.717, 1.165) is 22.6 Å². The van der Waals surface area contributed by atoms with Gasteiger partial charge in [-0.15, -0.1) is 11.3 Å². The number of hydrogen-bond donors (Lipinski definition) is 0. The number of rotatable bonds is 4. The summed E-state index contributed by atoms with van der Waals surface area (Å²) < 4.78 is 7.97. The van der Waals surface area contributed by atoms with Crippen molar-refractivity contribution in [1.29, 1.82) is 0 Å². The summed E-state index contributed by atoms with van der Waals surface area (Å²) in [6, 6.07) is 22.9. The predicted molar refractivity (Wildman–Crippen MR) is 103 cm³/mol. The number of hydrogen-bond acceptors (Lipinski definition) is 2. The molecule has 0 unspecified atom stereocenters. The Hall–Kier alpha value is -2.78. The van der Waals surface area contributed by atoms with E-state index >= 15 is 0 Å². The Balaban J connectivity index is 1.97. The molecule has 2 nitrogen and oxygen atoms in total. The number of para-hydroxylation sites is 2. The summed E-state index contributed by atoms with van der Waals surface area (Å²) in [7, 11) is 1.73. The van der Waals surface area contributed by atoms with Gasteiger partial charge in [-0.05, 0) is 41.8 Å². The van der Waals surface area contributed by atoms with Gasteiger partial charge in [-0.3, -0.25) is 4.57 Å². The van der Waals surface area contributed by atoms with E-state index < -0.39 is 0 Å². The molecule has 118 valence electrons. The third-order valence-electron chi connectivity index (χ3n) is 4.03. The average Bonchev–Trinajstić information content (AvgIpc) is 3.26. The molecule has 2 heterocycles. The van der Waals surface area contributed by atoms with Gasteiger partial charge in [0.2, 0.25) is 5.88 Å². The quantitative estimate of drug-likeness (QED) is 0.456. The maximum Gasteiger partial charge on any atom is 0.206 e. The van der Waals surface area contributed by atoms with E-state index in [1.165, 1.54) is 10.3 Å². The summed E-state index contributed by atoms with van der Waals surface area (Å²) in [5.41, 5.74) is 3.35. The molecule has 0 amide bonds. The monoisotopic (exact) mass is 331 g/mol. The van der Waals surface area contributed by atoms with Crippen molar-refractivity contribution in [3.63, 3.8) is 0 Å². The van der Waals surface area contributed by atoms with Crippen molar-refractivity contribution in [3.05, 3.63) is 82.6 Å². The van der Waals surface area contributed by atoms with E-state index in [2.05, 4.69) is 70.6 Å². The highest BCUT2D eigenvalue weighted by Gasteiger charge is 2.16. The molecular formula is C21H17NOS. The second kappa shape index (κ2) is 6.38. The maximum atomic E-state index is 5.80. The SMILES string of the molecule is COc1c(/C=C\c2cccs2)c2ccccc2n1-c1ccccc1. The van der Waals surface area contributed by atoms with Crippen molar-refractivity contribution in [2.45, 2.75) is 0 Å². The van der Waals surface area contributed by atoms with E-state index in [-0.39, 0.29) is 0 Å². The van der Waals surface area contributed by atoms with Gasteiger partial charge in [-0.2, -0.15) is 0 Å². The zero-order chi connectivity index (χ0) is 16.4. The fourth-order valence-corrected chi connectivity index (χ4v) is 3.61. The fourth-order valence-electron chi connectivity index (χ4n) is 2.99. The molecule has 0 atom stereocenters. The van der Waals surface area contributed by atoms with Crippen LogP contribution in [0.15, 0.2) is 72.1 Å². The molecule has 0 N–H and O–H groups in total. The molecular weight excluding hydrogens is 314 g/mol. The molecule has 3 heteroatoms. The van der Waals surface area contributed by atoms with Gasteiger partial charge in [0.25, 0.3) is 0 Å². The van der Waals surface area contributed by atoms with E-state index in [9.17, 15) is 0 Å². The highest BCUT2D eigenvalue weighted by Crippen LogP contribution is 2.36. The highest BCUT2D eigenvalue weighted by atomic mass is 32.1. The number of aromatic nitrogens is 1. The highest BCUT2D eigenvalue weighted by molar-refractivity contribution is 7.10. The van der Waals surface area contributed by atoms with Gasteiger partial charge in [-0.25, -0.2) is 0 Å². The van der Waals surface area contributed by atoms with Gasteiger partial charge < -0.3 is 4.74 Å². The largest absolute Gasteiger partial charge is 0.481 e. The van der Waals surface area contributed by atoms with Crippen LogP contribution < -0.4 is 4.74 Å². The number of benzene rings is 2. The average molecular weight is 331 g/mol.